The van der Waals surface area contributed by atoms with E-state index < -0.39 is 0 Å². The third kappa shape index (κ3) is 4.66. The number of thiocarbonyl (C=S) groups is 1. The van der Waals surface area contributed by atoms with Crippen LogP contribution in [0.1, 0.15) is 18.9 Å². The number of aromatic nitrogens is 1. The lowest BCUT2D eigenvalue weighted by atomic mass is 10.2. The largest absolute Gasteiger partial charge is 0.481 e. The molecular weight excluding hydrogens is 234 g/mol. The van der Waals surface area contributed by atoms with Gasteiger partial charge in [0.25, 0.3) is 0 Å². The van der Waals surface area contributed by atoms with Crippen LogP contribution in [-0.4, -0.2) is 35.1 Å². The van der Waals surface area contributed by atoms with E-state index in [1.54, 1.807) is 13.3 Å². The van der Waals surface area contributed by atoms with Crippen molar-refractivity contribution in [2.45, 2.75) is 19.9 Å². The topological polar surface area (TPSA) is 51.4 Å². The summed E-state index contributed by atoms with van der Waals surface area (Å²) in [6.07, 6.45) is 2.47. The predicted octanol–water partition coefficient (Wildman–Crippen LogP) is 1.59. The van der Waals surface area contributed by atoms with Gasteiger partial charge in [0.1, 0.15) is 0 Å². The normalized spacial score (nSPS) is 10.5. The summed E-state index contributed by atoms with van der Waals surface area (Å²) in [7, 11) is 1.64. The van der Waals surface area contributed by atoms with Gasteiger partial charge < -0.3 is 10.5 Å². The first-order valence-electron chi connectivity index (χ1n) is 5.66. The minimum Gasteiger partial charge on any atom is -0.481 e. The average Bonchev–Trinajstić information content (AvgIpc) is 2.34. The number of nitrogens with two attached hydrogens (primary N) is 1. The second kappa shape index (κ2) is 7.19. The van der Waals surface area contributed by atoms with Crippen LogP contribution in [0.25, 0.3) is 0 Å². The summed E-state index contributed by atoms with van der Waals surface area (Å²) in [5.74, 6) is 0.682. The lowest BCUT2D eigenvalue weighted by Crippen LogP contribution is -2.27. The highest BCUT2D eigenvalue weighted by Crippen LogP contribution is 2.15. The lowest BCUT2D eigenvalue weighted by Gasteiger charge is -2.20. The zero-order valence-corrected chi connectivity index (χ0v) is 11.2. The molecule has 0 atom stereocenters. The van der Waals surface area contributed by atoms with Crippen LogP contribution in [0, 0.1) is 0 Å². The van der Waals surface area contributed by atoms with Crippen LogP contribution in [0.15, 0.2) is 18.3 Å². The van der Waals surface area contributed by atoms with Crippen molar-refractivity contribution in [2.75, 3.05) is 20.2 Å². The van der Waals surface area contributed by atoms with Crippen molar-refractivity contribution in [2.24, 2.45) is 5.73 Å². The minimum absolute atomic E-state index is 0.557. The second-order valence-electron chi connectivity index (χ2n) is 3.76. The van der Waals surface area contributed by atoms with Gasteiger partial charge in [0.15, 0.2) is 0 Å². The molecule has 0 fully saturated rings. The molecular formula is C12H19N3OS. The van der Waals surface area contributed by atoms with Gasteiger partial charge in [-0.15, -0.1) is 0 Å². The van der Waals surface area contributed by atoms with Crippen molar-refractivity contribution < 1.29 is 4.74 Å². The SMILES string of the molecule is CCN(CCC(N)=S)Cc1cccnc1OC. The fraction of sp³-hybridized carbons (Fsp3) is 0.500. The van der Waals surface area contributed by atoms with Crippen molar-refractivity contribution in [3.8, 4) is 5.88 Å². The molecule has 1 aromatic rings. The summed E-state index contributed by atoms with van der Waals surface area (Å²) in [5.41, 5.74) is 6.60. The second-order valence-corrected chi connectivity index (χ2v) is 4.28. The molecule has 0 unspecified atom stereocenters. The number of pyridine rings is 1. The molecule has 1 rings (SSSR count). The van der Waals surface area contributed by atoms with Gasteiger partial charge in [0, 0.05) is 31.3 Å². The van der Waals surface area contributed by atoms with Crippen LogP contribution < -0.4 is 10.5 Å². The van der Waals surface area contributed by atoms with Crippen molar-refractivity contribution in [3.63, 3.8) is 0 Å². The Bertz CT molecular complexity index is 371. The highest BCUT2D eigenvalue weighted by Gasteiger charge is 2.08. The fourth-order valence-electron chi connectivity index (χ4n) is 1.59. The Balaban J connectivity index is 2.63. The Morgan fingerprint density at radius 3 is 2.94 bits per heavy atom. The van der Waals surface area contributed by atoms with Crippen LogP contribution in [0.3, 0.4) is 0 Å². The molecule has 0 aliphatic rings. The monoisotopic (exact) mass is 253 g/mol. The highest BCUT2D eigenvalue weighted by atomic mass is 32.1. The van der Waals surface area contributed by atoms with Gasteiger partial charge in [-0.1, -0.05) is 25.2 Å². The third-order valence-electron chi connectivity index (χ3n) is 2.56. The third-order valence-corrected chi connectivity index (χ3v) is 2.76. The summed E-state index contributed by atoms with van der Waals surface area (Å²) in [5, 5.41) is 0. The smallest absolute Gasteiger partial charge is 0.217 e. The van der Waals surface area contributed by atoms with Crippen molar-refractivity contribution in [1.82, 2.24) is 9.88 Å². The van der Waals surface area contributed by atoms with E-state index >= 15 is 0 Å². The Morgan fingerprint density at radius 2 is 2.35 bits per heavy atom. The summed E-state index contributed by atoms with van der Waals surface area (Å²) in [6.45, 7) is 4.73. The molecule has 0 radical (unpaired) electrons. The van der Waals surface area contributed by atoms with E-state index in [0.29, 0.717) is 10.9 Å². The van der Waals surface area contributed by atoms with E-state index in [4.69, 9.17) is 22.7 Å². The van der Waals surface area contributed by atoms with E-state index in [9.17, 15) is 0 Å². The van der Waals surface area contributed by atoms with E-state index in [0.717, 1.165) is 31.6 Å². The number of hydrogen-bond acceptors (Lipinski definition) is 4. The van der Waals surface area contributed by atoms with Gasteiger partial charge in [-0.05, 0) is 12.6 Å². The molecule has 2 N–H and O–H groups in total. The molecule has 0 spiro atoms. The number of nitrogens with zero attached hydrogens (tertiary/aromatic N) is 2. The fourth-order valence-corrected chi connectivity index (χ4v) is 1.68. The van der Waals surface area contributed by atoms with Crippen LogP contribution in [-0.2, 0) is 6.54 Å². The Morgan fingerprint density at radius 1 is 1.59 bits per heavy atom. The number of hydrogen-bond donors (Lipinski definition) is 1. The average molecular weight is 253 g/mol. The maximum atomic E-state index is 5.51. The zero-order chi connectivity index (χ0) is 12.7. The first kappa shape index (κ1) is 13.9. The van der Waals surface area contributed by atoms with Crippen LogP contribution in [0.2, 0.25) is 0 Å². The summed E-state index contributed by atoms with van der Waals surface area (Å²) >= 11 is 4.89. The lowest BCUT2D eigenvalue weighted by molar-refractivity contribution is 0.281. The van der Waals surface area contributed by atoms with Gasteiger partial charge in [-0.3, -0.25) is 4.90 Å². The van der Waals surface area contributed by atoms with E-state index in [1.807, 2.05) is 12.1 Å². The van der Waals surface area contributed by atoms with Gasteiger partial charge in [-0.25, -0.2) is 4.98 Å². The first-order valence-corrected chi connectivity index (χ1v) is 6.06. The molecule has 0 amide bonds. The molecule has 1 aromatic heterocycles. The van der Waals surface area contributed by atoms with Gasteiger partial charge in [0.2, 0.25) is 5.88 Å². The highest BCUT2D eigenvalue weighted by molar-refractivity contribution is 7.80. The molecule has 0 bridgehead atoms. The minimum atomic E-state index is 0.557. The van der Waals surface area contributed by atoms with E-state index in [-0.39, 0.29) is 0 Å². The van der Waals surface area contributed by atoms with Crippen LogP contribution in [0.4, 0.5) is 0 Å². The molecule has 0 aromatic carbocycles. The van der Waals surface area contributed by atoms with Crippen LogP contribution >= 0.6 is 12.2 Å². The maximum absolute atomic E-state index is 5.51. The van der Waals surface area contributed by atoms with Gasteiger partial charge >= 0.3 is 0 Å². The Hall–Kier alpha value is -1.20. The van der Waals surface area contributed by atoms with Gasteiger partial charge in [0.05, 0.1) is 12.1 Å². The number of methoxy groups -OCH3 is 1. The maximum Gasteiger partial charge on any atom is 0.217 e. The number of ether oxygens (including phenoxy) is 1. The molecule has 0 saturated heterocycles. The summed E-state index contributed by atoms with van der Waals surface area (Å²) in [4.78, 5) is 7.00. The molecule has 4 nitrogen and oxygen atoms in total. The predicted molar refractivity (Wildman–Crippen MR) is 73.1 cm³/mol. The summed E-state index contributed by atoms with van der Waals surface area (Å²) < 4.78 is 5.23. The Kier molecular flexibility index (Phi) is 5.86. The van der Waals surface area contributed by atoms with Crippen molar-refractivity contribution in [3.05, 3.63) is 23.9 Å². The first-order chi connectivity index (χ1) is 8.17. The molecule has 17 heavy (non-hydrogen) atoms. The zero-order valence-electron chi connectivity index (χ0n) is 10.3. The van der Waals surface area contributed by atoms with E-state index in [1.165, 1.54) is 0 Å². The Labute approximate surface area is 108 Å². The van der Waals surface area contributed by atoms with Crippen molar-refractivity contribution in [1.29, 1.82) is 0 Å². The van der Waals surface area contributed by atoms with Crippen LogP contribution in [0.5, 0.6) is 5.88 Å². The molecule has 94 valence electrons. The molecule has 0 aliphatic carbocycles. The summed E-state index contributed by atoms with van der Waals surface area (Å²) in [6, 6.07) is 3.94. The standard InChI is InChI=1S/C12H19N3OS/c1-3-15(8-6-11(13)17)9-10-5-4-7-14-12(10)16-2/h4-5,7H,3,6,8-9H2,1-2H3,(H2,13,17). The van der Waals surface area contributed by atoms with Crippen molar-refractivity contribution >= 4 is 17.2 Å². The molecule has 1 heterocycles. The quantitative estimate of drug-likeness (QED) is 0.748. The number of rotatable bonds is 7. The van der Waals surface area contributed by atoms with Gasteiger partial charge in [-0.2, -0.15) is 0 Å². The molecule has 0 aliphatic heterocycles. The molecule has 0 saturated carbocycles. The van der Waals surface area contributed by atoms with E-state index in [2.05, 4.69) is 16.8 Å². The molecule has 5 heteroatoms.